The standard InChI is InChI=1S/C21H25ClN2O3/c1-3-19(15-8-12-18(27-2)13-9-15)24-20(25)5-4-14-23-21(26)16-6-10-17(22)11-7-16/h6-13,19H,3-5,14H2,1-2H3,(H,23,26)(H,24,25). The van der Waals surface area contributed by atoms with Crippen molar-refractivity contribution < 1.29 is 14.3 Å². The van der Waals surface area contributed by atoms with Crippen molar-refractivity contribution >= 4 is 23.4 Å². The highest BCUT2D eigenvalue weighted by Gasteiger charge is 2.13. The molecular formula is C21H25ClN2O3. The lowest BCUT2D eigenvalue weighted by molar-refractivity contribution is -0.122. The van der Waals surface area contributed by atoms with Crippen LogP contribution in [0, 0.1) is 0 Å². The molecule has 0 fully saturated rings. The molecule has 6 heteroatoms. The van der Waals surface area contributed by atoms with Gasteiger partial charge in [-0.25, -0.2) is 0 Å². The third kappa shape index (κ3) is 6.61. The van der Waals surface area contributed by atoms with Crippen molar-refractivity contribution in [3.63, 3.8) is 0 Å². The van der Waals surface area contributed by atoms with E-state index in [1.807, 2.05) is 31.2 Å². The first kappa shape index (κ1) is 20.8. The van der Waals surface area contributed by atoms with Crippen LogP contribution in [0.3, 0.4) is 0 Å². The fourth-order valence-electron chi connectivity index (χ4n) is 2.68. The maximum Gasteiger partial charge on any atom is 0.251 e. The van der Waals surface area contributed by atoms with Gasteiger partial charge in [-0.15, -0.1) is 0 Å². The molecule has 0 spiro atoms. The molecule has 5 nitrogen and oxygen atoms in total. The largest absolute Gasteiger partial charge is 0.497 e. The number of hydrogen-bond donors (Lipinski definition) is 2. The van der Waals surface area contributed by atoms with E-state index < -0.39 is 0 Å². The predicted octanol–water partition coefficient (Wildman–Crippen LogP) is 4.13. The average Bonchev–Trinajstić information content (AvgIpc) is 2.70. The molecule has 2 rings (SSSR count). The van der Waals surface area contributed by atoms with Crippen LogP contribution in [0.2, 0.25) is 5.02 Å². The minimum Gasteiger partial charge on any atom is -0.497 e. The monoisotopic (exact) mass is 388 g/mol. The SMILES string of the molecule is CCC(NC(=O)CCCNC(=O)c1ccc(Cl)cc1)c1ccc(OC)cc1. The third-order valence-electron chi connectivity index (χ3n) is 4.23. The van der Waals surface area contributed by atoms with Crippen LogP contribution in [0.25, 0.3) is 0 Å². The summed E-state index contributed by atoms with van der Waals surface area (Å²) in [5.41, 5.74) is 1.59. The Kier molecular flexibility index (Phi) is 8.14. The van der Waals surface area contributed by atoms with Crippen molar-refractivity contribution in [1.29, 1.82) is 0 Å². The molecule has 144 valence electrons. The molecule has 0 aromatic heterocycles. The van der Waals surface area contributed by atoms with E-state index in [-0.39, 0.29) is 17.9 Å². The number of amides is 2. The van der Waals surface area contributed by atoms with Crippen LogP contribution in [0.1, 0.15) is 48.1 Å². The van der Waals surface area contributed by atoms with Gasteiger partial charge in [-0.2, -0.15) is 0 Å². The fraction of sp³-hybridized carbons (Fsp3) is 0.333. The van der Waals surface area contributed by atoms with Crippen LogP contribution in [0.15, 0.2) is 48.5 Å². The summed E-state index contributed by atoms with van der Waals surface area (Å²) in [7, 11) is 1.62. The number of carbonyl (C=O) groups excluding carboxylic acids is 2. The van der Waals surface area contributed by atoms with Gasteiger partial charge in [-0.3, -0.25) is 9.59 Å². The van der Waals surface area contributed by atoms with E-state index in [0.717, 1.165) is 17.7 Å². The van der Waals surface area contributed by atoms with Gasteiger partial charge in [-0.1, -0.05) is 30.7 Å². The summed E-state index contributed by atoms with van der Waals surface area (Å²) in [4.78, 5) is 24.2. The summed E-state index contributed by atoms with van der Waals surface area (Å²) >= 11 is 5.81. The zero-order valence-electron chi connectivity index (χ0n) is 15.6. The molecule has 27 heavy (non-hydrogen) atoms. The van der Waals surface area contributed by atoms with E-state index in [9.17, 15) is 9.59 Å². The maximum absolute atomic E-state index is 12.2. The van der Waals surface area contributed by atoms with Crippen molar-refractivity contribution in [2.24, 2.45) is 0 Å². The van der Waals surface area contributed by atoms with E-state index in [1.54, 1.807) is 31.4 Å². The maximum atomic E-state index is 12.2. The van der Waals surface area contributed by atoms with Crippen molar-refractivity contribution in [3.05, 3.63) is 64.7 Å². The summed E-state index contributed by atoms with van der Waals surface area (Å²) in [5.74, 6) is 0.589. The average molecular weight is 389 g/mol. The smallest absolute Gasteiger partial charge is 0.251 e. The van der Waals surface area contributed by atoms with Gasteiger partial charge in [0.2, 0.25) is 5.91 Å². The Bertz CT molecular complexity index is 745. The van der Waals surface area contributed by atoms with Gasteiger partial charge >= 0.3 is 0 Å². The minimum atomic E-state index is -0.170. The lowest BCUT2D eigenvalue weighted by atomic mass is 10.0. The molecule has 0 aliphatic rings. The van der Waals surface area contributed by atoms with Crippen molar-refractivity contribution in [1.82, 2.24) is 10.6 Å². The van der Waals surface area contributed by atoms with E-state index in [4.69, 9.17) is 16.3 Å². The quantitative estimate of drug-likeness (QED) is 0.635. The van der Waals surface area contributed by atoms with Gasteiger partial charge in [-0.05, 0) is 54.8 Å². The number of benzene rings is 2. The molecule has 1 unspecified atom stereocenters. The number of carbonyl (C=O) groups is 2. The van der Waals surface area contributed by atoms with Crippen molar-refractivity contribution in [2.45, 2.75) is 32.2 Å². The summed E-state index contributed by atoms with van der Waals surface area (Å²) in [6, 6.07) is 14.3. The van der Waals surface area contributed by atoms with Crippen LogP contribution in [-0.2, 0) is 4.79 Å². The second-order valence-corrected chi connectivity index (χ2v) is 6.60. The first-order chi connectivity index (χ1) is 13.0. The Morgan fingerprint density at radius 2 is 1.74 bits per heavy atom. The molecule has 0 saturated heterocycles. The highest BCUT2D eigenvalue weighted by molar-refractivity contribution is 6.30. The molecule has 0 aliphatic carbocycles. The van der Waals surface area contributed by atoms with Crippen LogP contribution >= 0.6 is 11.6 Å². The van der Waals surface area contributed by atoms with Gasteiger partial charge in [0.1, 0.15) is 5.75 Å². The minimum absolute atomic E-state index is 0.0293. The summed E-state index contributed by atoms with van der Waals surface area (Å²) < 4.78 is 5.16. The number of hydrogen-bond acceptors (Lipinski definition) is 3. The van der Waals surface area contributed by atoms with Crippen molar-refractivity contribution in [2.75, 3.05) is 13.7 Å². The molecule has 0 radical (unpaired) electrons. The predicted molar refractivity (Wildman–Crippen MR) is 107 cm³/mol. The Morgan fingerprint density at radius 3 is 2.33 bits per heavy atom. The molecule has 0 bridgehead atoms. The number of rotatable bonds is 9. The zero-order valence-corrected chi connectivity index (χ0v) is 16.4. The number of methoxy groups -OCH3 is 1. The molecule has 2 amide bonds. The molecule has 2 aromatic rings. The van der Waals surface area contributed by atoms with E-state index in [0.29, 0.717) is 30.0 Å². The first-order valence-electron chi connectivity index (χ1n) is 9.00. The Hall–Kier alpha value is -2.53. The van der Waals surface area contributed by atoms with E-state index >= 15 is 0 Å². The van der Waals surface area contributed by atoms with Crippen LogP contribution in [0.4, 0.5) is 0 Å². The van der Waals surface area contributed by atoms with E-state index in [2.05, 4.69) is 10.6 Å². The lowest BCUT2D eigenvalue weighted by Crippen LogP contribution is -2.30. The van der Waals surface area contributed by atoms with Crippen molar-refractivity contribution in [3.8, 4) is 5.75 Å². The second-order valence-electron chi connectivity index (χ2n) is 6.17. The summed E-state index contributed by atoms with van der Waals surface area (Å²) in [6.45, 7) is 2.47. The van der Waals surface area contributed by atoms with Gasteiger partial charge in [0, 0.05) is 23.6 Å². The topological polar surface area (TPSA) is 67.4 Å². The molecule has 0 aliphatic heterocycles. The Labute approximate surface area is 165 Å². The van der Waals surface area contributed by atoms with E-state index in [1.165, 1.54) is 0 Å². The fourth-order valence-corrected chi connectivity index (χ4v) is 2.80. The van der Waals surface area contributed by atoms with Gasteiger partial charge in [0.15, 0.2) is 0 Å². The molecule has 2 aromatic carbocycles. The molecular weight excluding hydrogens is 364 g/mol. The van der Waals surface area contributed by atoms with Gasteiger partial charge in [0.05, 0.1) is 13.2 Å². The highest BCUT2D eigenvalue weighted by atomic mass is 35.5. The Morgan fingerprint density at radius 1 is 1.07 bits per heavy atom. The lowest BCUT2D eigenvalue weighted by Gasteiger charge is -2.18. The number of ether oxygens (including phenoxy) is 1. The third-order valence-corrected chi connectivity index (χ3v) is 4.49. The molecule has 0 heterocycles. The zero-order chi connectivity index (χ0) is 19.6. The summed E-state index contributed by atoms with van der Waals surface area (Å²) in [5, 5.41) is 6.44. The van der Waals surface area contributed by atoms with Gasteiger partial charge < -0.3 is 15.4 Å². The van der Waals surface area contributed by atoms with Gasteiger partial charge in [0.25, 0.3) is 5.91 Å². The summed E-state index contributed by atoms with van der Waals surface area (Å²) in [6.07, 6.45) is 1.73. The first-order valence-corrected chi connectivity index (χ1v) is 9.38. The van der Waals surface area contributed by atoms with Crippen LogP contribution < -0.4 is 15.4 Å². The Balaban J connectivity index is 1.74. The number of nitrogens with one attached hydrogen (secondary N) is 2. The molecule has 0 saturated carbocycles. The van der Waals surface area contributed by atoms with Crippen LogP contribution in [0.5, 0.6) is 5.75 Å². The highest BCUT2D eigenvalue weighted by Crippen LogP contribution is 2.20. The molecule has 2 N–H and O–H groups in total. The van der Waals surface area contributed by atoms with Crippen LogP contribution in [-0.4, -0.2) is 25.5 Å². The normalized spacial score (nSPS) is 11.5. The second kappa shape index (κ2) is 10.6. The number of halogens is 1. The molecule has 1 atom stereocenters.